The first-order valence-corrected chi connectivity index (χ1v) is 3.73. The Morgan fingerprint density at radius 2 is 1.89 bits per heavy atom. The first-order chi connectivity index (χ1) is 4.43. The Bertz CT molecular complexity index is 188. The Hall–Kier alpha value is -0.648. The van der Waals surface area contributed by atoms with Crippen molar-refractivity contribution in [3.8, 4) is 0 Å². The van der Waals surface area contributed by atoms with E-state index in [0.717, 1.165) is 5.69 Å². The molecule has 0 saturated carbocycles. The summed E-state index contributed by atoms with van der Waals surface area (Å²) in [4.78, 5) is 0. The molecule has 0 spiro atoms. The van der Waals surface area contributed by atoms with Crippen molar-refractivity contribution in [2.45, 2.75) is 0 Å². The molecule has 0 saturated heterocycles. The van der Waals surface area contributed by atoms with Gasteiger partial charge in [-0.15, -0.1) is 0 Å². The van der Waals surface area contributed by atoms with Crippen LogP contribution in [0.15, 0.2) is 30.3 Å². The number of hydrogen-bond donors (Lipinski definition) is 1. The summed E-state index contributed by atoms with van der Waals surface area (Å²) in [5.41, 5.74) is 0.919. The fourth-order valence-corrected chi connectivity index (χ4v) is 0.931. The van der Waals surface area contributed by atoms with Crippen molar-refractivity contribution in [3.05, 3.63) is 30.3 Å². The number of nitrogens with one attached hydrogen (secondary N) is 1. The SMILES string of the molecule is [O]=[Al][NH]c1ccccc1. The molecule has 0 heterocycles. The second kappa shape index (κ2) is 3.39. The van der Waals surface area contributed by atoms with Crippen LogP contribution in [0.4, 0.5) is 5.69 Å². The number of benzene rings is 1. The summed E-state index contributed by atoms with van der Waals surface area (Å²) in [6.45, 7) is 0. The standard InChI is InChI=1S/C6H6N.Al.O/c7-6-4-2-1-3-5-6;;/h1-5,7H;;/q-1;+1;. The van der Waals surface area contributed by atoms with Crippen LogP contribution in [0.25, 0.3) is 0 Å². The zero-order chi connectivity index (χ0) is 6.53. The fraction of sp³-hybridized carbons (Fsp3) is 0. The molecule has 1 aromatic carbocycles. The van der Waals surface area contributed by atoms with Crippen molar-refractivity contribution in [1.29, 1.82) is 0 Å². The van der Waals surface area contributed by atoms with E-state index in [1.807, 2.05) is 30.3 Å². The molecule has 0 radical (unpaired) electrons. The summed E-state index contributed by atoms with van der Waals surface area (Å²) in [6, 6.07) is 9.48. The average molecular weight is 135 g/mol. The molecule has 1 N–H and O–H groups in total. The molecule has 0 atom stereocenters. The fourth-order valence-electron chi connectivity index (χ4n) is 0.602. The zero-order valence-electron chi connectivity index (χ0n) is 4.87. The monoisotopic (exact) mass is 135 g/mol. The molecule has 0 unspecified atom stereocenters. The van der Waals surface area contributed by atoms with E-state index >= 15 is 0 Å². The third-order valence-electron chi connectivity index (χ3n) is 0.999. The van der Waals surface area contributed by atoms with Crippen molar-refractivity contribution in [2.24, 2.45) is 0 Å². The third kappa shape index (κ3) is 1.97. The van der Waals surface area contributed by atoms with Gasteiger partial charge in [-0.1, -0.05) is 0 Å². The molecule has 1 rings (SSSR count). The topological polar surface area (TPSA) is 29.1 Å². The molecule has 3 heteroatoms. The molecule has 0 amide bonds. The number of rotatable bonds is 2. The molecular formula is C6H6AlNO. The van der Waals surface area contributed by atoms with E-state index in [2.05, 4.69) is 4.30 Å². The van der Waals surface area contributed by atoms with E-state index in [-0.39, 0.29) is 0 Å². The summed E-state index contributed by atoms with van der Waals surface area (Å²) in [5, 5.41) is 0. The predicted octanol–water partition coefficient (Wildman–Crippen LogP) is 1.06. The third-order valence-corrected chi connectivity index (χ3v) is 1.45. The molecule has 0 aliphatic carbocycles. The van der Waals surface area contributed by atoms with Crippen molar-refractivity contribution in [3.63, 3.8) is 0 Å². The van der Waals surface area contributed by atoms with E-state index < -0.39 is 15.4 Å². The van der Waals surface area contributed by atoms with Crippen molar-refractivity contribution < 1.29 is 3.80 Å². The van der Waals surface area contributed by atoms with Gasteiger partial charge in [0.2, 0.25) is 0 Å². The average Bonchev–Trinajstić information content (AvgIpc) is 1.91. The first kappa shape index (κ1) is 6.47. The molecule has 0 aliphatic rings. The second-order valence-corrected chi connectivity index (χ2v) is 2.15. The van der Waals surface area contributed by atoms with Gasteiger partial charge in [0.15, 0.2) is 0 Å². The summed E-state index contributed by atoms with van der Waals surface area (Å²) >= 11 is -0.875. The molecule has 0 aromatic heterocycles. The van der Waals surface area contributed by atoms with E-state index in [0.29, 0.717) is 0 Å². The maximum absolute atomic E-state index is 10.1. The Kier molecular flexibility index (Phi) is 2.44. The number of hydrogen-bond acceptors (Lipinski definition) is 1. The van der Waals surface area contributed by atoms with Crippen LogP contribution >= 0.6 is 0 Å². The normalized spacial score (nSPS) is 8.00. The second-order valence-electron chi connectivity index (χ2n) is 1.63. The summed E-state index contributed by atoms with van der Waals surface area (Å²) in [5.74, 6) is 0. The van der Waals surface area contributed by atoms with Gasteiger partial charge in [0, 0.05) is 0 Å². The Balaban J connectivity index is 2.72. The number of anilines is 1. The van der Waals surface area contributed by atoms with Crippen LogP contribution in [0.3, 0.4) is 0 Å². The van der Waals surface area contributed by atoms with Gasteiger partial charge in [-0.3, -0.25) is 0 Å². The van der Waals surface area contributed by atoms with Gasteiger partial charge in [0.05, 0.1) is 0 Å². The maximum atomic E-state index is 10.1. The van der Waals surface area contributed by atoms with E-state index in [9.17, 15) is 3.80 Å². The Morgan fingerprint density at radius 3 is 2.44 bits per heavy atom. The van der Waals surface area contributed by atoms with Crippen molar-refractivity contribution in [1.82, 2.24) is 0 Å². The van der Waals surface area contributed by atoms with E-state index in [4.69, 9.17) is 0 Å². The zero-order valence-corrected chi connectivity index (χ0v) is 6.03. The quantitative estimate of drug-likeness (QED) is 0.614. The number of para-hydroxylation sites is 1. The van der Waals surface area contributed by atoms with Gasteiger partial charge >= 0.3 is 59.5 Å². The molecule has 44 valence electrons. The van der Waals surface area contributed by atoms with Gasteiger partial charge in [0.25, 0.3) is 0 Å². The molecule has 2 nitrogen and oxygen atoms in total. The van der Waals surface area contributed by atoms with Crippen molar-refractivity contribution >= 4 is 21.1 Å². The van der Waals surface area contributed by atoms with Gasteiger partial charge in [-0.05, 0) is 0 Å². The van der Waals surface area contributed by atoms with Gasteiger partial charge in [-0.25, -0.2) is 0 Å². The van der Waals surface area contributed by atoms with Crippen LogP contribution in [-0.2, 0) is 3.80 Å². The van der Waals surface area contributed by atoms with Crippen LogP contribution < -0.4 is 4.30 Å². The van der Waals surface area contributed by atoms with E-state index in [1.54, 1.807) is 0 Å². The summed E-state index contributed by atoms with van der Waals surface area (Å²) in [6.07, 6.45) is 0. The predicted molar refractivity (Wildman–Crippen MR) is 36.5 cm³/mol. The van der Waals surface area contributed by atoms with Gasteiger partial charge in [0.1, 0.15) is 0 Å². The van der Waals surface area contributed by atoms with Crippen LogP contribution in [0.1, 0.15) is 0 Å². The molecule has 0 aliphatic heterocycles. The minimum atomic E-state index is -0.875. The molecule has 1 aromatic rings. The van der Waals surface area contributed by atoms with Crippen molar-refractivity contribution in [2.75, 3.05) is 4.30 Å². The molecular weight excluding hydrogens is 129 g/mol. The van der Waals surface area contributed by atoms with Gasteiger partial charge < -0.3 is 0 Å². The van der Waals surface area contributed by atoms with Crippen LogP contribution in [0.2, 0.25) is 0 Å². The first-order valence-electron chi connectivity index (χ1n) is 2.69. The van der Waals surface area contributed by atoms with Crippen LogP contribution in [0.5, 0.6) is 0 Å². The molecule has 0 fully saturated rings. The van der Waals surface area contributed by atoms with Crippen LogP contribution in [-0.4, -0.2) is 15.4 Å². The molecule has 0 bridgehead atoms. The van der Waals surface area contributed by atoms with Crippen LogP contribution in [0, 0.1) is 0 Å². The van der Waals surface area contributed by atoms with Gasteiger partial charge in [-0.2, -0.15) is 0 Å². The Labute approximate surface area is 60.0 Å². The summed E-state index contributed by atoms with van der Waals surface area (Å²) < 4.78 is 12.8. The minimum absolute atomic E-state index is 0.875. The van der Waals surface area contributed by atoms with E-state index in [1.165, 1.54) is 0 Å². The molecule has 9 heavy (non-hydrogen) atoms. The Morgan fingerprint density at radius 1 is 1.22 bits per heavy atom. The summed E-state index contributed by atoms with van der Waals surface area (Å²) in [7, 11) is 0.